The molecule has 2 N–H and O–H groups in total. The summed E-state index contributed by atoms with van der Waals surface area (Å²) in [6, 6.07) is 15.1. The average molecular weight is 427 g/mol. The lowest BCUT2D eigenvalue weighted by atomic mass is 9.95. The molecule has 3 aliphatic rings. The molecule has 4 aromatic rings. The Kier molecular flexibility index (Phi) is 4.58. The minimum atomic E-state index is 0.529. The van der Waals surface area contributed by atoms with Crippen LogP contribution in [0.3, 0.4) is 0 Å². The van der Waals surface area contributed by atoms with Crippen LogP contribution in [0.15, 0.2) is 36.4 Å². The first-order valence-corrected chi connectivity index (χ1v) is 12.9. The summed E-state index contributed by atoms with van der Waals surface area (Å²) >= 11 is 0. The molecule has 0 amide bonds. The van der Waals surface area contributed by atoms with Crippen molar-refractivity contribution < 1.29 is 0 Å². The Balaban J connectivity index is 1.62. The predicted molar refractivity (Wildman–Crippen MR) is 134 cm³/mol. The van der Waals surface area contributed by atoms with Gasteiger partial charge in [0.15, 0.2) is 0 Å². The largest absolute Gasteiger partial charge is 0.338 e. The predicted octanol–water partition coefficient (Wildman–Crippen LogP) is 5.48. The molecular weight excluding hydrogens is 392 g/mol. The molecule has 7 rings (SSSR count). The first-order chi connectivity index (χ1) is 15.9. The van der Waals surface area contributed by atoms with Crippen LogP contribution in [0.25, 0.3) is 32.7 Å². The topological polar surface area (TPSA) is 33.9 Å². The average Bonchev–Trinajstić information content (AvgIpc) is 3.38. The molecule has 4 heteroatoms. The van der Waals surface area contributed by atoms with Crippen LogP contribution in [-0.2, 0) is 12.8 Å². The van der Waals surface area contributed by atoms with Gasteiger partial charge in [0.05, 0.1) is 11.0 Å². The summed E-state index contributed by atoms with van der Waals surface area (Å²) in [6.45, 7) is 4.51. The van der Waals surface area contributed by atoms with Gasteiger partial charge in [0, 0.05) is 52.5 Å². The molecule has 0 spiro atoms. The van der Waals surface area contributed by atoms with Crippen LogP contribution in [0.1, 0.15) is 61.9 Å². The Bertz CT molecular complexity index is 1300. The third-order valence-electron chi connectivity index (χ3n) is 8.41. The third kappa shape index (κ3) is 2.75. The summed E-state index contributed by atoms with van der Waals surface area (Å²) in [6.07, 6.45) is 10.3. The van der Waals surface area contributed by atoms with Gasteiger partial charge in [-0.25, -0.2) is 0 Å². The number of nitrogens with zero attached hydrogens (tertiary/aromatic N) is 2. The fraction of sp³-hybridized carbons (Fsp3) is 0.500. The lowest BCUT2D eigenvalue weighted by Gasteiger charge is -2.30. The number of hydrogen-bond donors (Lipinski definition) is 2. The Hall–Kier alpha value is -2.30. The van der Waals surface area contributed by atoms with Crippen LogP contribution in [0.4, 0.5) is 0 Å². The Morgan fingerprint density at radius 2 is 1.34 bits per heavy atom. The number of fused-ring (bicyclic) bond motifs is 7. The van der Waals surface area contributed by atoms with Crippen molar-refractivity contribution in [3.05, 3.63) is 47.7 Å². The van der Waals surface area contributed by atoms with Crippen LogP contribution in [-0.4, -0.2) is 35.3 Å². The number of hydrogen-bond acceptors (Lipinski definition) is 2. The molecule has 4 nitrogen and oxygen atoms in total. The molecular formula is C28H34N4. The molecule has 0 saturated carbocycles. The van der Waals surface area contributed by atoms with Gasteiger partial charge in [-0.05, 0) is 76.1 Å². The van der Waals surface area contributed by atoms with Gasteiger partial charge in [-0.2, -0.15) is 0 Å². The SMILES string of the molecule is c1ccc2c(c1)c1ccc3c4c(n(C5CCCNC5)c3c1n2C1CCCNC1)CCCC4. The summed E-state index contributed by atoms with van der Waals surface area (Å²) in [5.74, 6) is 0. The number of rotatable bonds is 2. The van der Waals surface area contributed by atoms with Crippen LogP contribution < -0.4 is 10.6 Å². The molecule has 2 aromatic heterocycles. The first-order valence-electron chi connectivity index (χ1n) is 12.9. The van der Waals surface area contributed by atoms with Gasteiger partial charge in [0.2, 0.25) is 0 Å². The van der Waals surface area contributed by atoms with Crippen molar-refractivity contribution in [1.29, 1.82) is 0 Å². The molecule has 1 aliphatic carbocycles. The molecule has 2 fully saturated rings. The van der Waals surface area contributed by atoms with Crippen molar-refractivity contribution in [2.45, 2.75) is 63.5 Å². The van der Waals surface area contributed by atoms with Crippen LogP contribution >= 0.6 is 0 Å². The fourth-order valence-corrected chi connectivity index (χ4v) is 7.03. The minimum Gasteiger partial charge on any atom is -0.338 e. The molecule has 166 valence electrons. The molecule has 32 heavy (non-hydrogen) atoms. The van der Waals surface area contributed by atoms with Crippen molar-refractivity contribution in [3.8, 4) is 0 Å². The van der Waals surface area contributed by atoms with Crippen molar-refractivity contribution in [2.75, 3.05) is 26.2 Å². The second-order valence-corrected chi connectivity index (χ2v) is 10.2. The van der Waals surface area contributed by atoms with Gasteiger partial charge in [0.25, 0.3) is 0 Å². The summed E-state index contributed by atoms with van der Waals surface area (Å²) < 4.78 is 5.56. The molecule has 2 aliphatic heterocycles. The van der Waals surface area contributed by atoms with Gasteiger partial charge in [-0.15, -0.1) is 0 Å². The highest BCUT2D eigenvalue weighted by molar-refractivity contribution is 6.17. The quantitative estimate of drug-likeness (QED) is 0.445. The monoisotopic (exact) mass is 426 g/mol. The lowest BCUT2D eigenvalue weighted by Crippen LogP contribution is -2.33. The van der Waals surface area contributed by atoms with Gasteiger partial charge in [0.1, 0.15) is 0 Å². The van der Waals surface area contributed by atoms with E-state index in [1.807, 2.05) is 0 Å². The smallest absolute Gasteiger partial charge is 0.0742 e. The fourth-order valence-electron chi connectivity index (χ4n) is 7.03. The highest BCUT2D eigenvalue weighted by Gasteiger charge is 2.29. The molecule has 4 heterocycles. The number of aromatic nitrogens is 2. The van der Waals surface area contributed by atoms with E-state index >= 15 is 0 Å². The molecule has 2 aromatic carbocycles. The maximum atomic E-state index is 3.71. The van der Waals surface area contributed by atoms with E-state index in [2.05, 4.69) is 56.2 Å². The van der Waals surface area contributed by atoms with E-state index < -0.39 is 0 Å². The van der Waals surface area contributed by atoms with E-state index in [1.54, 1.807) is 11.3 Å². The summed E-state index contributed by atoms with van der Waals surface area (Å²) in [5, 5.41) is 11.8. The van der Waals surface area contributed by atoms with Crippen molar-refractivity contribution >= 4 is 32.7 Å². The molecule has 0 bridgehead atoms. The highest BCUT2D eigenvalue weighted by Crippen LogP contribution is 2.43. The minimum absolute atomic E-state index is 0.529. The Labute approximate surface area is 190 Å². The van der Waals surface area contributed by atoms with Crippen molar-refractivity contribution in [3.63, 3.8) is 0 Å². The van der Waals surface area contributed by atoms with E-state index in [1.165, 1.54) is 90.6 Å². The number of benzene rings is 2. The van der Waals surface area contributed by atoms with Gasteiger partial charge >= 0.3 is 0 Å². The van der Waals surface area contributed by atoms with E-state index in [9.17, 15) is 0 Å². The van der Waals surface area contributed by atoms with Crippen molar-refractivity contribution in [1.82, 2.24) is 19.8 Å². The van der Waals surface area contributed by atoms with Gasteiger partial charge in [-0.1, -0.05) is 30.3 Å². The number of para-hydroxylation sites is 1. The summed E-state index contributed by atoms with van der Waals surface area (Å²) in [4.78, 5) is 0. The van der Waals surface area contributed by atoms with E-state index in [-0.39, 0.29) is 0 Å². The van der Waals surface area contributed by atoms with E-state index in [0.717, 1.165) is 19.6 Å². The molecule has 2 atom stereocenters. The van der Waals surface area contributed by atoms with E-state index in [4.69, 9.17) is 0 Å². The molecule has 2 saturated heterocycles. The maximum absolute atomic E-state index is 3.71. The van der Waals surface area contributed by atoms with Crippen molar-refractivity contribution in [2.24, 2.45) is 0 Å². The van der Waals surface area contributed by atoms with Crippen LogP contribution in [0.2, 0.25) is 0 Å². The summed E-state index contributed by atoms with van der Waals surface area (Å²) in [7, 11) is 0. The zero-order valence-corrected chi connectivity index (χ0v) is 19.0. The highest BCUT2D eigenvalue weighted by atomic mass is 15.1. The zero-order chi connectivity index (χ0) is 21.1. The van der Waals surface area contributed by atoms with E-state index in [0.29, 0.717) is 12.1 Å². The van der Waals surface area contributed by atoms with Gasteiger partial charge < -0.3 is 19.8 Å². The van der Waals surface area contributed by atoms with Crippen LogP contribution in [0.5, 0.6) is 0 Å². The maximum Gasteiger partial charge on any atom is 0.0742 e. The number of piperidine rings is 2. The number of aryl methyl sites for hydroxylation is 1. The van der Waals surface area contributed by atoms with Gasteiger partial charge in [-0.3, -0.25) is 0 Å². The zero-order valence-electron chi connectivity index (χ0n) is 19.0. The lowest BCUT2D eigenvalue weighted by molar-refractivity contribution is 0.368. The van der Waals surface area contributed by atoms with Crippen LogP contribution in [0, 0.1) is 0 Å². The second kappa shape index (κ2) is 7.64. The third-order valence-corrected chi connectivity index (χ3v) is 8.41. The number of nitrogens with one attached hydrogen (secondary N) is 2. The normalized spacial score (nSPS) is 24.4. The molecule has 0 radical (unpaired) electrons. The second-order valence-electron chi connectivity index (χ2n) is 10.2. The standard InChI is InChI=1S/C28H34N4/c1-3-11-25-21(9-1)23-13-14-24-22-10-2-4-12-26(22)32(20-8-6-16-30-18-20)28(24)27(23)31(25)19-7-5-15-29-17-19/h1,3,9,11,13-14,19-20,29-30H,2,4-8,10,12,15-18H2. The summed E-state index contributed by atoms with van der Waals surface area (Å²) in [5.41, 5.74) is 7.74. The molecule has 2 unspecified atom stereocenters. The Morgan fingerprint density at radius 3 is 2.12 bits per heavy atom. The first kappa shape index (κ1) is 19.2. The Morgan fingerprint density at radius 1 is 0.656 bits per heavy atom.